The predicted octanol–water partition coefficient (Wildman–Crippen LogP) is 0.290. The van der Waals surface area contributed by atoms with Crippen molar-refractivity contribution in [2.45, 2.75) is 13.5 Å². The fourth-order valence-corrected chi connectivity index (χ4v) is 1.56. The Morgan fingerprint density at radius 2 is 2.32 bits per heavy atom. The molecule has 0 spiro atoms. The van der Waals surface area contributed by atoms with Gasteiger partial charge >= 0.3 is 0 Å². The average molecular weight is 263 g/mol. The molecule has 1 heterocycles. The molecule has 0 aliphatic heterocycles. The lowest BCUT2D eigenvalue weighted by molar-refractivity contribution is -0.119. The summed E-state index contributed by atoms with van der Waals surface area (Å²) < 4.78 is 15.1. The van der Waals surface area contributed by atoms with Crippen molar-refractivity contribution >= 4 is 5.91 Å². The van der Waals surface area contributed by atoms with Gasteiger partial charge in [-0.05, 0) is 24.6 Å². The second-order valence-electron chi connectivity index (χ2n) is 4.09. The fourth-order valence-electron chi connectivity index (χ4n) is 1.56. The number of aromatic nitrogens is 3. The van der Waals surface area contributed by atoms with Crippen molar-refractivity contribution in [2.75, 3.05) is 6.54 Å². The number of benzene rings is 1. The molecule has 6 nitrogen and oxygen atoms in total. The molecule has 0 unspecified atom stereocenters. The number of carbonyl (C=O) groups is 1. The minimum absolute atomic E-state index is 0.0826. The number of carbonyl (C=O) groups excluding carboxylic acids is 1. The molecule has 0 saturated carbocycles. The van der Waals surface area contributed by atoms with Gasteiger partial charge in [0.1, 0.15) is 17.2 Å². The van der Waals surface area contributed by atoms with Gasteiger partial charge in [-0.1, -0.05) is 11.3 Å². The lowest BCUT2D eigenvalue weighted by Gasteiger charge is -2.02. The van der Waals surface area contributed by atoms with Crippen LogP contribution in [-0.4, -0.2) is 27.4 Å². The molecule has 0 saturated heterocycles. The summed E-state index contributed by atoms with van der Waals surface area (Å²) in [5.74, 6) is -0.654. The summed E-state index contributed by atoms with van der Waals surface area (Å²) >= 11 is 0. The van der Waals surface area contributed by atoms with Gasteiger partial charge in [0, 0.05) is 0 Å². The Morgan fingerprint density at radius 1 is 1.53 bits per heavy atom. The van der Waals surface area contributed by atoms with Crippen LogP contribution < -0.4 is 11.1 Å². The van der Waals surface area contributed by atoms with Crippen molar-refractivity contribution in [3.8, 4) is 5.69 Å². The Hall–Kier alpha value is -2.28. The smallest absolute Gasteiger partial charge is 0.234 e. The third kappa shape index (κ3) is 3.14. The van der Waals surface area contributed by atoms with Crippen LogP contribution in [0.1, 0.15) is 11.3 Å². The van der Waals surface area contributed by atoms with Crippen molar-refractivity contribution in [1.29, 1.82) is 0 Å². The van der Waals surface area contributed by atoms with E-state index in [4.69, 9.17) is 5.73 Å². The molecule has 2 aromatic rings. The van der Waals surface area contributed by atoms with E-state index >= 15 is 0 Å². The first kappa shape index (κ1) is 13.2. The molecule has 3 N–H and O–H groups in total. The van der Waals surface area contributed by atoms with Gasteiger partial charge in [0.15, 0.2) is 0 Å². The van der Waals surface area contributed by atoms with Crippen LogP contribution in [0, 0.1) is 12.7 Å². The molecule has 0 aliphatic rings. The number of halogens is 1. The van der Waals surface area contributed by atoms with Gasteiger partial charge in [-0.2, -0.15) is 0 Å². The highest BCUT2D eigenvalue weighted by molar-refractivity contribution is 5.77. The van der Waals surface area contributed by atoms with E-state index in [1.165, 1.54) is 10.7 Å². The maximum Gasteiger partial charge on any atom is 0.234 e. The Labute approximate surface area is 109 Å². The first-order chi connectivity index (χ1) is 9.10. The van der Waals surface area contributed by atoms with Gasteiger partial charge in [0.25, 0.3) is 0 Å². The number of aryl methyl sites for hydroxylation is 1. The Balaban J connectivity index is 2.14. The number of nitrogens with one attached hydrogen (secondary N) is 1. The summed E-state index contributed by atoms with van der Waals surface area (Å²) in [7, 11) is 0. The number of nitrogens with two attached hydrogens (primary N) is 1. The molecule has 1 aromatic carbocycles. The largest absolute Gasteiger partial charge is 0.349 e. The van der Waals surface area contributed by atoms with Crippen molar-refractivity contribution in [3.05, 3.63) is 41.5 Å². The standard InChI is InChI=1S/C12H14FN5O/c1-8-2-3-11(10(13)4-8)18-7-9(16-17-18)6-15-12(19)5-14/h2-4,7H,5-6,14H2,1H3,(H,15,19). The van der Waals surface area contributed by atoms with E-state index in [9.17, 15) is 9.18 Å². The summed E-state index contributed by atoms with van der Waals surface area (Å²) in [6.07, 6.45) is 1.56. The van der Waals surface area contributed by atoms with Crippen molar-refractivity contribution in [3.63, 3.8) is 0 Å². The highest BCUT2D eigenvalue weighted by atomic mass is 19.1. The number of rotatable bonds is 4. The van der Waals surface area contributed by atoms with Gasteiger partial charge in [-0.3, -0.25) is 4.79 Å². The first-order valence-electron chi connectivity index (χ1n) is 5.74. The van der Waals surface area contributed by atoms with Crippen LogP contribution in [0.5, 0.6) is 0 Å². The van der Waals surface area contributed by atoms with E-state index in [1.807, 2.05) is 6.92 Å². The number of hydrogen-bond donors (Lipinski definition) is 2. The molecule has 19 heavy (non-hydrogen) atoms. The molecular formula is C12H14FN5O. The van der Waals surface area contributed by atoms with E-state index in [1.54, 1.807) is 18.3 Å². The lowest BCUT2D eigenvalue weighted by Crippen LogP contribution is -2.29. The molecule has 2 rings (SSSR count). The van der Waals surface area contributed by atoms with Crippen LogP contribution in [0.2, 0.25) is 0 Å². The summed E-state index contributed by atoms with van der Waals surface area (Å²) in [6.45, 7) is 1.94. The lowest BCUT2D eigenvalue weighted by atomic mass is 10.2. The quantitative estimate of drug-likeness (QED) is 0.830. The van der Waals surface area contributed by atoms with Crippen LogP contribution in [-0.2, 0) is 11.3 Å². The summed E-state index contributed by atoms with van der Waals surface area (Å²) in [4.78, 5) is 11.0. The Kier molecular flexibility index (Phi) is 3.86. The molecular weight excluding hydrogens is 249 g/mol. The van der Waals surface area contributed by atoms with Crippen LogP contribution >= 0.6 is 0 Å². The highest BCUT2D eigenvalue weighted by Gasteiger charge is 2.08. The van der Waals surface area contributed by atoms with Gasteiger partial charge in [-0.15, -0.1) is 5.10 Å². The van der Waals surface area contributed by atoms with Crippen LogP contribution in [0.3, 0.4) is 0 Å². The van der Waals surface area contributed by atoms with Gasteiger partial charge in [-0.25, -0.2) is 9.07 Å². The van der Waals surface area contributed by atoms with Gasteiger partial charge in [0.05, 0.1) is 19.3 Å². The van der Waals surface area contributed by atoms with Crippen LogP contribution in [0.4, 0.5) is 4.39 Å². The minimum atomic E-state index is -0.373. The van der Waals surface area contributed by atoms with Crippen LogP contribution in [0.15, 0.2) is 24.4 Å². The normalized spacial score (nSPS) is 10.5. The molecule has 0 atom stereocenters. The van der Waals surface area contributed by atoms with Crippen molar-refractivity contribution < 1.29 is 9.18 Å². The maximum atomic E-state index is 13.7. The summed E-state index contributed by atoms with van der Waals surface area (Å²) in [6, 6.07) is 4.84. The average Bonchev–Trinajstić information content (AvgIpc) is 2.84. The van der Waals surface area contributed by atoms with E-state index < -0.39 is 0 Å². The number of hydrogen-bond acceptors (Lipinski definition) is 4. The first-order valence-corrected chi connectivity index (χ1v) is 5.74. The molecule has 1 amide bonds. The minimum Gasteiger partial charge on any atom is -0.349 e. The van der Waals surface area contributed by atoms with E-state index in [-0.39, 0.29) is 24.8 Å². The summed E-state index contributed by atoms with van der Waals surface area (Å²) in [5, 5.41) is 10.2. The monoisotopic (exact) mass is 263 g/mol. The van der Waals surface area contributed by atoms with E-state index in [0.29, 0.717) is 11.4 Å². The molecule has 7 heteroatoms. The summed E-state index contributed by atoms with van der Waals surface area (Å²) in [5.41, 5.74) is 6.84. The number of amides is 1. The van der Waals surface area contributed by atoms with E-state index in [0.717, 1.165) is 5.56 Å². The third-order valence-electron chi connectivity index (χ3n) is 2.54. The van der Waals surface area contributed by atoms with Crippen LogP contribution in [0.25, 0.3) is 5.69 Å². The Bertz CT molecular complexity index is 596. The molecule has 0 radical (unpaired) electrons. The zero-order valence-corrected chi connectivity index (χ0v) is 10.4. The Morgan fingerprint density at radius 3 is 3.00 bits per heavy atom. The van der Waals surface area contributed by atoms with Crippen molar-refractivity contribution in [2.24, 2.45) is 5.73 Å². The maximum absolute atomic E-state index is 13.7. The van der Waals surface area contributed by atoms with Crippen molar-refractivity contribution in [1.82, 2.24) is 20.3 Å². The fraction of sp³-hybridized carbons (Fsp3) is 0.250. The molecule has 100 valence electrons. The highest BCUT2D eigenvalue weighted by Crippen LogP contribution is 2.13. The van der Waals surface area contributed by atoms with E-state index in [2.05, 4.69) is 15.6 Å². The molecule has 1 aromatic heterocycles. The number of nitrogens with zero attached hydrogens (tertiary/aromatic N) is 3. The topological polar surface area (TPSA) is 85.8 Å². The second kappa shape index (κ2) is 5.57. The predicted molar refractivity (Wildman–Crippen MR) is 67.0 cm³/mol. The second-order valence-corrected chi connectivity index (χ2v) is 4.09. The third-order valence-corrected chi connectivity index (χ3v) is 2.54. The SMILES string of the molecule is Cc1ccc(-n2cc(CNC(=O)CN)nn2)c(F)c1. The zero-order chi connectivity index (χ0) is 13.8. The molecule has 0 bridgehead atoms. The van der Waals surface area contributed by atoms with Gasteiger partial charge < -0.3 is 11.1 Å². The molecule has 0 aliphatic carbocycles. The zero-order valence-electron chi connectivity index (χ0n) is 10.4. The van der Waals surface area contributed by atoms with Gasteiger partial charge in [0.2, 0.25) is 5.91 Å². The molecule has 0 fully saturated rings.